The second kappa shape index (κ2) is 6.71. The van der Waals surface area contributed by atoms with Crippen molar-refractivity contribution in [3.8, 4) is 0 Å². The Labute approximate surface area is 136 Å². The van der Waals surface area contributed by atoms with E-state index in [1.807, 2.05) is 18.2 Å². The third-order valence-corrected chi connectivity index (χ3v) is 4.05. The Bertz CT molecular complexity index is 698. The number of benzene rings is 2. The Kier molecular flexibility index (Phi) is 4.95. The number of methoxy groups -OCH3 is 1. The van der Waals surface area contributed by atoms with E-state index in [0.29, 0.717) is 22.4 Å². The predicted octanol–water partition coefficient (Wildman–Crippen LogP) is 3.64. The van der Waals surface area contributed by atoms with E-state index in [1.165, 1.54) is 7.11 Å². The van der Waals surface area contributed by atoms with Crippen LogP contribution in [0.25, 0.3) is 0 Å². The van der Waals surface area contributed by atoms with Gasteiger partial charge in [-0.05, 0) is 59.3 Å². The third-order valence-electron chi connectivity index (χ3n) is 3.11. The van der Waals surface area contributed by atoms with E-state index in [1.54, 1.807) is 31.2 Å². The highest BCUT2D eigenvalue weighted by Gasteiger charge is 2.15. The molecule has 0 aliphatic rings. The summed E-state index contributed by atoms with van der Waals surface area (Å²) in [7, 11) is 1.33. The van der Waals surface area contributed by atoms with Gasteiger partial charge in [0.15, 0.2) is 0 Å². The lowest BCUT2D eigenvalue weighted by Gasteiger charge is -2.12. The Morgan fingerprint density at radius 1 is 1.05 bits per heavy atom. The summed E-state index contributed by atoms with van der Waals surface area (Å²) in [5, 5.41) is 2.84. The number of carbonyl (C=O) groups excluding carboxylic acids is 2. The molecule has 2 aromatic rings. The van der Waals surface area contributed by atoms with Crippen molar-refractivity contribution in [1.82, 2.24) is 0 Å². The van der Waals surface area contributed by atoms with Gasteiger partial charge in [-0.25, -0.2) is 4.79 Å². The van der Waals surface area contributed by atoms with Crippen LogP contribution in [0, 0.1) is 10.5 Å². The van der Waals surface area contributed by atoms with Crippen molar-refractivity contribution in [2.75, 3.05) is 12.4 Å². The molecule has 0 atom stereocenters. The van der Waals surface area contributed by atoms with Crippen LogP contribution < -0.4 is 5.32 Å². The van der Waals surface area contributed by atoms with Gasteiger partial charge in [-0.15, -0.1) is 0 Å². The fraction of sp³-hybridized carbons (Fsp3) is 0.125. The summed E-state index contributed by atoms with van der Waals surface area (Å²) in [6, 6.07) is 12.5. The molecular formula is C16H14INO3. The average molecular weight is 395 g/mol. The molecule has 2 aromatic carbocycles. The quantitative estimate of drug-likeness (QED) is 0.638. The summed E-state index contributed by atoms with van der Waals surface area (Å²) in [5.74, 6) is -0.622. The molecule has 0 saturated heterocycles. The molecule has 108 valence electrons. The molecule has 0 spiro atoms. The van der Waals surface area contributed by atoms with Crippen molar-refractivity contribution in [2.45, 2.75) is 6.92 Å². The number of hydrogen-bond acceptors (Lipinski definition) is 3. The van der Waals surface area contributed by atoms with Gasteiger partial charge in [-0.2, -0.15) is 0 Å². The zero-order valence-corrected chi connectivity index (χ0v) is 13.8. The zero-order valence-electron chi connectivity index (χ0n) is 11.6. The van der Waals surface area contributed by atoms with Crippen LogP contribution in [0.2, 0.25) is 0 Å². The molecule has 0 unspecified atom stereocenters. The molecule has 0 bridgehead atoms. The Morgan fingerprint density at radius 3 is 2.38 bits per heavy atom. The highest BCUT2D eigenvalue weighted by atomic mass is 127. The first-order chi connectivity index (χ1) is 10.0. The first-order valence-corrected chi connectivity index (χ1v) is 7.36. The van der Waals surface area contributed by atoms with Crippen molar-refractivity contribution >= 4 is 40.2 Å². The largest absolute Gasteiger partial charge is 0.465 e. The van der Waals surface area contributed by atoms with Crippen LogP contribution >= 0.6 is 22.6 Å². The molecule has 1 amide bonds. The summed E-state index contributed by atoms with van der Waals surface area (Å²) in [4.78, 5) is 24.0. The lowest BCUT2D eigenvalue weighted by molar-refractivity contribution is 0.0599. The molecule has 0 radical (unpaired) electrons. The van der Waals surface area contributed by atoms with Crippen LogP contribution in [0.3, 0.4) is 0 Å². The first kappa shape index (κ1) is 15.5. The van der Waals surface area contributed by atoms with Crippen LogP contribution in [-0.2, 0) is 4.74 Å². The summed E-state index contributed by atoms with van der Waals surface area (Å²) in [5.41, 5.74) is 2.32. The summed E-state index contributed by atoms with van der Waals surface area (Å²) in [6.07, 6.45) is 0. The topological polar surface area (TPSA) is 55.4 Å². The minimum Gasteiger partial charge on any atom is -0.465 e. The monoisotopic (exact) mass is 395 g/mol. The maximum Gasteiger partial charge on any atom is 0.338 e. The molecule has 0 saturated carbocycles. The number of anilines is 1. The van der Waals surface area contributed by atoms with Gasteiger partial charge in [-0.3, -0.25) is 4.79 Å². The Balaban J connectivity index is 2.30. The van der Waals surface area contributed by atoms with Crippen molar-refractivity contribution in [1.29, 1.82) is 0 Å². The van der Waals surface area contributed by atoms with Gasteiger partial charge >= 0.3 is 5.97 Å². The molecule has 2 rings (SSSR count). The molecule has 21 heavy (non-hydrogen) atoms. The highest BCUT2D eigenvalue weighted by molar-refractivity contribution is 14.1. The van der Waals surface area contributed by atoms with E-state index < -0.39 is 5.97 Å². The van der Waals surface area contributed by atoms with Crippen molar-refractivity contribution < 1.29 is 14.3 Å². The van der Waals surface area contributed by atoms with E-state index in [2.05, 4.69) is 27.9 Å². The lowest BCUT2D eigenvalue weighted by atomic mass is 10.1. The van der Waals surface area contributed by atoms with Gasteiger partial charge < -0.3 is 10.1 Å². The number of halogens is 1. The number of esters is 1. The average Bonchev–Trinajstić information content (AvgIpc) is 2.49. The van der Waals surface area contributed by atoms with E-state index in [-0.39, 0.29) is 5.91 Å². The molecule has 0 heterocycles. The summed E-state index contributed by atoms with van der Waals surface area (Å²) in [6.45, 7) is 1.78. The van der Waals surface area contributed by atoms with Crippen LogP contribution in [0.4, 0.5) is 5.69 Å². The van der Waals surface area contributed by atoms with E-state index in [4.69, 9.17) is 4.74 Å². The smallest absolute Gasteiger partial charge is 0.338 e. The fourth-order valence-electron chi connectivity index (χ4n) is 1.94. The molecule has 0 aliphatic heterocycles. The zero-order chi connectivity index (χ0) is 15.4. The molecule has 1 N–H and O–H groups in total. The molecule has 4 nitrogen and oxygen atoms in total. The number of nitrogens with one attached hydrogen (secondary N) is 1. The molecule has 0 aliphatic carbocycles. The minimum atomic E-state index is -0.419. The SMILES string of the molecule is COC(=O)c1cccc(NC(=O)c2ccccc2I)c1C. The fourth-order valence-corrected chi connectivity index (χ4v) is 2.57. The van der Waals surface area contributed by atoms with Gasteiger partial charge in [0.1, 0.15) is 0 Å². The summed E-state index contributed by atoms with van der Waals surface area (Å²) < 4.78 is 5.60. The Morgan fingerprint density at radius 2 is 1.71 bits per heavy atom. The second-order valence-corrected chi connectivity index (χ2v) is 5.57. The van der Waals surface area contributed by atoms with Gasteiger partial charge in [0.05, 0.1) is 18.2 Å². The van der Waals surface area contributed by atoms with Crippen molar-refractivity contribution in [2.24, 2.45) is 0 Å². The first-order valence-electron chi connectivity index (χ1n) is 6.28. The van der Waals surface area contributed by atoms with E-state index >= 15 is 0 Å². The molecule has 0 aromatic heterocycles. The van der Waals surface area contributed by atoms with Crippen molar-refractivity contribution in [3.63, 3.8) is 0 Å². The summed E-state index contributed by atoms with van der Waals surface area (Å²) >= 11 is 2.12. The van der Waals surface area contributed by atoms with Crippen molar-refractivity contribution in [3.05, 3.63) is 62.7 Å². The second-order valence-electron chi connectivity index (χ2n) is 4.40. The van der Waals surface area contributed by atoms with Crippen LogP contribution in [0.5, 0.6) is 0 Å². The standard InChI is InChI=1S/C16H14INO3/c1-10-11(16(20)21-2)7-5-9-14(10)18-15(19)12-6-3-4-8-13(12)17/h3-9H,1-2H3,(H,18,19). The Hall–Kier alpha value is -1.89. The van der Waals surface area contributed by atoms with Crippen LogP contribution in [-0.4, -0.2) is 19.0 Å². The highest BCUT2D eigenvalue weighted by Crippen LogP contribution is 2.21. The van der Waals surface area contributed by atoms with Crippen LogP contribution in [0.15, 0.2) is 42.5 Å². The molecule has 5 heteroatoms. The molecule has 0 fully saturated rings. The maximum atomic E-state index is 12.3. The number of amides is 1. The normalized spacial score (nSPS) is 10.0. The van der Waals surface area contributed by atoms with Gasteiger partial charge in [-0.1, -0.05) is 18.2 Å². The van der Waals surface area contributed by atoms with Gasteiger partial charge in [0, 0.05) is 9.26 Å². The van der Waals surface area contributed by atoms with E-state index in [9.17, 15) is 9.59 Å². The minimum absolute atomic E-state index is 0.204. The lowest BCUT2D eigenvalue weighted by Crippen LogP contribution is -2.15. The van der Waals surface area contributed by atoms with Gasteiger partial charge in [0.25, 0.3) is 5.91 Å². The third kappa shape index (κ3) is 3.41. The molecular weight excluding hydrogens is 381 g/mol. The number of hydrogen-bond donors (Lipinski definition) is 1. The predicted molar refractivity (Wildman–Crippen MR) is 89.6 cm³/mol. The number of carbonyl (C=O) groups is 2. The number of ether oxygens (including phenoxy) is 1. The van der Waals surface area contributed by atoms with Gasteiger partial charge in [0.2, 0.25) is 0 Å². The van der Waals surface area contributed by atoms with E-state index in [0.717, 1.165) is 3.57 Å². The van der Waals surface area contributed by atoms with Crippen LogP contribution in [0.1, 0.15) is 26.3 Å². The maximum absolute atomic E-state index is 12.3. The number of rotatable bonds is 3.